The van der Waals surface area contributed by atoms with Crippen LogP contribution in [0.1, 0.15) is 36.6 Å². The third-order valence-corrected chi connectivity index (χ3v) is 4.44. The number of nitrogens with one attached hydrogen (secondary N) is 1. The molecular formula is C22H25NO. The topological polar surface area (TPSA) is 21.3 Å². The maximum absolute atomic E-state index is 5.61. The minimum atomic E-state index is 0.294. The Hall–Kier alpha value is -2.32. The van der Waals surface area contributed by atoms with E-state index in [1.54, 1.807) is 0 Å². The van der Waals surface area contributed by atoms with Gasteiger partial charge in [0.15, 0.2) is 0 Å². The van der Waals surface area contributed by atoms with Gasteiger partial charge >= 0.3 is 0 Å². The van der Waals surface area contributed by atoms with E-state index in [4.69, 9.17) is 4.74 Å². The average molecular weight is 319 g/mol. The highest BCUT2D eigenvalue weighted by molar-refractivity contribution is 5.86. The van der Waals surface area contributed by atoms with Crippen molar-refractivity contribution < 1.29 is 4.74 Å². The first-order valence-corrected chi connectivity index (χ1v) is 8.62. The Morgan fingerprint density at radius 3 is 2.58 bits per heavy atom. The molecule has 0 heterocycles. The van der Waals surface area contributed by atoms with Crippen molar-refractivity contribution in [3.05, 3.63) is 77.4 Å². The summed E-state index contributed by atoms with van der Waals surface area (Å²) >= 11 is 0. The lowest BCUT2D eigenvalue weighted by Gasteiger charge is -2.17. The minimum absolute atomic E-state index is 0.294. The van der Waals surface area contributed by atoms with Crippen LogP contribution >= 0.6 is 0 Å². The van der Waals surface area contributed by atoms with Crippen molar-refractivity contribution in [3.8, 4) is 5.75 Å². The van der Waals surface area contributed by atoms with Crippen LogP contribution in [0.15, 0.2) is 60.7 Å². The molecule has 0 aliphatic carbocycles. The summed E-state index contributed by atoms with van der Waals surface area (Å²) in [5, 5.41) is 6.26. The summed E-state index contributed by atoms with van der Waals surface area (Å²) in [5.74, 6) is 0.975. The summed E-state index contributed by atoms with van der Waals surface area (Å²) in [4.78, 5) is 0. The lowest BCUT2D eigenvalue weighted by Crippen LogP contribution is -2.18. The van der Waals surface area contributed by atoms with Gasteiger partial charge in [0.25, 0.3) is 0 Å². The molecule has 0 saturated carbocycles. The fraction of sp³-hybridized carbons (Fsp3) is 0.273. The Bertz CT molecular complexity index is 820. The molecule has 0 unspecified atom stereocenters. The van der Waals surface area contributed by atoms with Crippen molar-refractivity contribution in [2.45, 2.75) is 33.4 Å². The third kappa shape index (κ3) is 3.60. The first-order valence-electron chi connectivity index (χ1n) is 8.62. The van der Waals surface area contributed by atoms with Gasteiger partial charge in [0, 0.05) is 12.6 Å². The molecule has 1 atom stereocenters. The zero-order valence-electron chi connectivity index (χ0n) is 14.7. The first-order chi connectivity index (χ1) is 11.7. The van der Waals surface area contributed by atoms with E-state index in [9.17, 15) is 0 Å². The van der Waals surface area contributed by atoms with Crippen LogP contribution in [-0.2, 0) is 6.54 Å². The second-order valence-corrected chi connectivity index (χ2v) is 6.20. The Balaban J connectivity index is 1.73. The van der Waals surface area contributed by atoms with Crippen LogP contribution < -0.4 is 10.1 Å². The lowest BCUT2D eigenvalue weighted by molar-refractivity contribution is 0.337. The number of rotatable bonds is 6. The van der Waals surface area contributed by atoms with E-state index in [1.807, 2.05) is 6.92 Å². The Labute approximate surface area is 144 Å². The molecule has 0 bridgehead atoms. The number of hydrogen-bond donors (Lipinski definition) is 1. The molecule has 3 aromatic carbocycles. The molecular weight excluding hydrogens is 294 g/mol. The van der Waals surface area contributed by atoms with Crippen LogP contribution in [0.25, 0.3) is 10.8 Å². The largest absolute Gasteiger partial charge is 0.494 e. The van der Waals surface area contributed by atoms with Crippen molar-refractivity contribution in [3.63, 3.8) is 0 Å². The van der Waals surface area contributed by atoms with Crippen molar-refractivity contribution in [2.75, 3.05) is 6.61 Å². The molecule has 0 saturated heterocycles. The van der Waals surface area contributed by atoms with E-state index in [0.29, 0.717) is 12.6 Å². The van der Waals surface area contributed by atoms with Gasteiger partial charge < -0.3 is 10.1 Å². The molecule has 3 aromatic rings. The van der Waals surface area contributed by atoms with Crippen LogP contribution in [0.2, 0.25) is 0 Å². The summed E-state index contributed by atoms with van der Waals surface area (Å²) in [5.41, 5.74) is 3.81. The second-order valence-electron chi connectivity index (χ2n) is 6.20. The first kappa shape index (κ1) is 16.5. The molecule has 0 spiro atoms. The number of fused-ring (bicyclic) bond motifs is 1. The Kier molecular flexibility index (Phi) is 5.17. The number of benzene rings is 3. The minimum Gasteiger partial charge on any atom is -0.494 e. The van der Waals surface area contributed by atoms with Gasteiger partial charge in [-0.15, -0.1) is 0 Å². The molecule has 124 valence electrons. The highest BCUT2D eigenvalue weighted by Crippen LogP contribution is 2.25. The summed E-state index contributed by atoms with van der Waals surface area (Å²) in [7, 11) is 0. The quantitative estimate of drug-likeness (QED) is 0.657. The van der Waals surface area contributed by atoms with E-state index < -0.39 is 0 Å². The lowest BCUT2D eigenvalue weighted by atomic mass is 9.99. The highest BCUT2D eigenvalue weighted by atomic mass is 16.5. The van der Waals surface area contributed by atoms with E-state index in [-0.39, 0.29) is 0 Å². The normalized spacial score (nSPS) is 12.3. The van der Waals surface area contributed by atoms with Crippen LogP contribution in [-0.4, -0.2) is 6.61 Å². The third-order valence-electron chi connectivity index (χ3n) is 4.44. The Morgan fingerprint density at radius 2 is 1.79 bits per heavy atom. The maximum atomic E-state index is 5.61. The maximum Gasteiger partial charge on any atom is 0.122 e. The van der Waals surface area contributed by atoms with Crippen molar-refractivity contribution in [2.24, 2.45) is 0 Å². The fourth-order valence-electron chi connectivity index (χ4n) is 3.15. The van der Waals surface area contributed by atoms with E-state index in [2.05, 4.69) is 79.8 Å². The van der Waals surface area contributed by atoms with Gasteiger partial charge in [-0.3, -0.25) is 0 Å². The molecule has 1 N–H and O–H groups in total. The Morgan fingerprint density at radius 1 is 1.00 bits per heavy atom. The van der Waals surface area contributed by atoms with Crippen LogP contribution in [0.3, 0.4) is 0 Å². The summed E-state index contributed by atoms with van der Waals surface area (Å²) in [6.07, 6.45) is 0. The summed E-state index contributed by atoms with van der Waals surface area (Å²) in [6.45, 7) is 7.89. The van der Waals surface area contributed by atoms with Crippen LogP contribution in [0.4, 0.5) is 0 Å². The molecule has 24 heavy (non-hydrogen) atoms. The number of ether oxygens (including phenoxy) is 1. The van der Waals surface area contributed by atoms with Gasteiger partial charge in [0.2, 0.25) is 0 Å². The smallest absolute Gasteiger partial charge is 0.122 e. The second kappa shape index (κ2) is 7.50. The fourth-order valence-corrected chi connectivity index (χ4v) is 3.15. The molecule has 2 nitrogen and oxygen atoms in total. The average Bonchev–Trinajstić information content (AvgIpc) is 2.61. The van der Waals surface area contributed by atoms with Gasteiger partial charge in [-0.05, 0) is 54.3 Å². The monoisotopic (exact) mass is 319 g/mol. The standard InChI is InChI=1S/C22H25NO/c1-4-24-22-13-12-18(14-16(22)2)15-23-17(3)20-11-7-9-19-8-5-6-10-21(19)20/h5-14,17,23H,4,15H2,1-3H3/t17-/m1/s1. The van der Waals surface area contributed by atoms with Crippen LogP contribution in [0.5, 0.6) is 5.75 Å². The van der Waals surface area contributed by atoms with Crippen LogP contribution in [0, 0.1) is 6.92 Å². The van der Waals surface area contributed by atoms with Crippen molar-refractivity contribution >= 4 is 10.8 Å². The molecule has 2 heteroatoms. The molecule has 0 aliphatic rings. The van der Waals surface area contributed by atoms with Gasteiger partial charge in [-0.25, -0.2) is 0 Å². The summed E-state index contributed by atoms with van der Waals surface area (Å²) in [6, 6.07) is 21.8. The zero-order valence-corrected chi connectivity index (χ0v) is 14.7. The zero-order chi connectivity index (χ0) is 16.9. The molecule has 0 radical (unpaired) electrons. The highest BCUT2D eigenvalue weighted by Gasteiger charge is 2.09. The molecule has 0 fully saturated rings. The predicted octanol–water partition coefficient (Wildman–Crippen LogP) is 5.40. The van der Waals surface area contributed by atoms with Gasteiger partial charge in [-0.2, -0.15) is 0 Å². The van der Waals surface area contributed by atoms with Gasteiger partial charge in [0.1, 0.15) is 5.75 Å². The van der Waals surface area contributed by atoms with Crippen molar-refractivity contribution in [1.29, 1.82) is 0 Å². The van der Waals surface area contributed by atoms with Crippen molar-refractivity contribution in [1.82, 2.24) is 5.32 Å². The van der Waals surface area contributed by atoms with Gasteiger partial charge in [-0.1, -0.05) is 54.6 Å². The van der Waals surface area contributed by atoms with E-state index >= 15 is 0 Å². The number of aryl methyl sites for hydroxylation is 1. The predicted molar refractivity (Wildman–Crippen MR) is 102 cm³/mol. The van der Waals surface area contributed by atoms with Gasteiger partial charge in [0.05, 0.1) is 6.61 Å². The van der Waals surface area contributed by atoms with E-state index in [1.165, 1.54) is 27.5 Å². The molecule has 0 aliphatic heterocycles. The van der Waals surface area contributed by atoms with E-state index in [0.717, 1.165) is 12.3 Å². The number of hydrogen-bond acceptors (Lipinski definition) is 2. The SMILES string of the molecule is CCOc1ccc(CN[C@H](C)c2cccc3ccccc23)cc1C. The molecule has 0 amide bonds. The summed E-state index contributed by atoms with van der Waals surface area (Å²) < 4.78 is 5.61. The molecule has 3 rings (SSSR count). The molecule has 0 aromatic heterocycles.